The van der Waals surface area contributed by atoms with Gasteiger partial charge in [0.2, 0.25) is 19.4 Å². The van der Waals surface area contributed by atoms with Crippen molar-refractivity contribution in [3.8, 4) is 0 Å². The molecular formula is C4HF6N3O4S3. The highest BCUT2D eigenvalue weighted by Crippen LogP contribution is 2.34. The Morgan fingerprint density at radius 3 is 1.90 bits per heavy atom. The minimum Gasteiger partial charge on any atom is -0.294 e. The fourth-order valence-corrected chi connectivity index (χ4v) is 3.83. The highest BCUT2D eigenvalue weighted by atomic mass is 32.3. The van der Waals surface area contributed by atoms with Crippen LogP contribution in [0.25, 0.3) is 0 Å². The van der Waals surface area contributed by atoms with Gasteiger partial charge in [0, 0.05) is 0 Å². The van der Waals surface area contributed by atoms with Crippen molar-refractivity contribution >= 4 is 31.4 Å². The van der Waals surface area contributed by atoms with Gasteiger partial charge in [-0.1, -0.05) is 15.1 Å². The predicted octanol–water partition coefficient (Wildman–Crippen LogP) is 1.71. The number of alkyl halides is 6. The Labute approximate surface area is 110 Å². The van der Waals surface area contributed by atoms with Crippen LogP contribution in [-0.2, 0) is 26.2 Å². The maximum atomic E-state index is 12.1. The smallest absolute Gasteiger partial charge is 0.294 e. The van der Waals surface area contributed by atoms with Crippen LogP contribution in [0.1, 0.15) is 5.01 Å². The van der Waals surface area contributed by atoms with Crippen LogP contribution in [0.5, 0.6) is 0 Å². The molecule has 1 rings (SSSR count). The van der Waals surface area contributed by atoms with Crippen molar-refractivity contribution in [1.82, 2.24) is 10.2 Å². The molecule has 0 saturated heterocycles. The number of hydrogen-bond acceptors (Lipinski definition) is 6. The van der Waals surface area contributed by atoms with Crippen LogP contribution in [-0.4, -0.2) is 32.9 Å². The second kappa shape index (κ2) is 4.78. The van der Waals surface area contributed by atoms with Crippen molar-refractivity contribution < 1.29 is 43.5 Å². The van der Waals surface area contributed by atoms with Crippen molar-refractivity contribution in [1.29, 1.82) is 0 Å². The molecule has 1 N–H and O–H groups in total. The standard InChI is InChI=1S/C4HF6N3O4S3/c5-3(6,7)1-11-12-2(18-1)19(14,15)13-20(16,17)4(8,9)10/h(H,13,14,15). The average molecular weight is 365 g/mol. The van der Waals surface area contributed by atoms with Crippen LogP contribution in [0.3, 0.4) is 0 Å². The molecular weight excluding hydrogens is 364 g/mol. The summed E-state index contributed by atoms with van der Waals surface area (Å²) in [5.74, 6) is 0. The number of nitrogens with zero attached hydrogens (tertiary/aromatic N) is 3. The van der Waals surface area contributed by atoms with E-state index in [1.165, 1.54) is 0 Å². The summed E-state index contributed by atoms with van der Waals surface area (Å²) in [6, 6.07) is 0. The second-order valence-electron chi connectivity index (χ2n) is 2.86. The molecule has 0 radical (unpaired) electrons. The van der Waals surface area contributed by atoms with Crippen LogP contribution in [0.4, 0.5) is 26.3 Å². The number of hydrogen-bond donors (Lipinski definition) is 1. The number of sulfonamides is 1. The van der Waals surface area contributed by atoms with Gasteiger partial charge in [-0.2, -0.15) is 34.8 Å². The lowest BCUT2D eigenvalue weighted by Crippen LogP contribution is -2.22. The van der Waals surface area contributed by atoms with Gasteiger partial charge in [0.1, 0.15) is 0 Å². The van der Waals surface area contributed by atoms with Crippen LogP contribution in [0.2, 0.25) is 0 Å². The van der Waals surface area contributed by atoms with E-state index in [0.717, 1.165) is 0 Å². The normalized spacial score (nSPS) is 16.8. The fourth-order valence-electron chi connectivity index (χ4n) is 0.639. The SMILES string of the molecule is O=S(=O)(N=S(=O)(O)c1nnc(C(F)(F)F)s1)C(F)(F)F. The molecule has 0 aliphatic carbocycles. The lowest BCUT2D eigenvalue weighted by atomic mass is 10.7. The molecule has 0 fully saturated rings. The van der Waals surface area contributed by atoms with Crippen molar-refractivity contribution in [2.75, 3.05) is 0 Å². The van der Waals surface area contributed by atoms with Gasteiger partial charge < -0.3 is 0 Å². The number of halogens is 6. The third-order valence-electron chi connectivity index (χ3n) is 1.37. The Bertz CT molecular complexity index is 723. The van der Waals surface area contributed by atoms with Crippen LogP contribution < -0.4 is 0 Å². The number of aromatic nitrogens is 2. The Morgan fingerprint density at radius 2 is 1.55 bits per heavy atom. The molecule has 116 valence electrons. The molecule has 7 nitrogen and oxygen atoms in total. The van der Waals surface area contributed by atoms with Crippen molar-refractivity contribution in [2.24, 2.45) is 3.77 Å². The van der Waals surface area contributed by atoms with E-state index >= 15 is 0 Å². The van der Waals surface area contributed by atoms with Crippen LogP contribution >= 0.6 is 11.3 Å². The molecule has 0 aliphatic rings. The van der Waals surface area contributed by atoms with E-state index in [4.69, 9.17) is 4.55 Å². The third kappa shape index (κ3) is 3.55. The Kier molecular flexibility index (Phi) is 4.07. The van der Waals surface area contributed by atoms with Crippen LogP contribution in [0, 0.1) is 0 Å². The topological polar surface area (TPSA) is 110 Å². The lowest BCUT2D eigenvalue weighted by molar-refractivity contribution is -0.138. The van der Waals surface area contributed by atoms with Gasteiger partial charge in [0.15, 0.2) is 0 Å². The van der Waals surface area contributed by atoms with Gasteiger partial charge in [-0.3, -0.25) is 4.55 Å². The summed E-state index contributed by atoms with van der Waals surface area (Å²) < 4.78 is 114. The van der Waals surface area contributed by atoms with Gasteiger partial charge in [0.05, 0.1) is 0 Å². The highest BCUT2D eigenvalue weighted by Gasteiger charge is 2.48. The van der Waals surface area contributed by atoms with E-state index in [9.17, 15) is 39.0 Å². The van der Waals surface area contributed by atoms with Gasteiger partial charge >= 0.3 is 21.7 Å². The van der Waals surface area contributed by atoms with Gasteiger partial charge in [0.25, 0.3) is 0 Å². The summed E-state index contributed by atoms with van der Waals surface area (Å²) in [6.07, 6.45) is -5.06. The van der Waals surface area contributed by atoms with Gasteiger partial charge in [-0.05, 0) is 0 Å². The molecule has 1 atom stereocenters. The van der Waals surface area contributed by atoms with E-state index in [0.29, 0.717) is 0 Å². The van der Waals surface area contributed by atoms with E-state index in [2.05, 4.69) is 10.2 Å². The Hall–Kier alpha value is -1.00. The lowest BCUT2D eigenvalue weighted by Gasteiger charge is -2.03. The summed E-state index contributed by atoms with van der Waals surface area (Å²) in [5.41, 5.74) is -5.98. The molecule has 16 heteroatoms. The average Bonchev–Trinajstić information content (AvgIpc) is 2.61. The van der Waals surface area contributed by atoms with E-state index in [1.807, 2.05) is 0 Å². The van der Waals surface area contributed by atoms with E-state index in [-0.39, 0.29) is 0 Å². The first-order chi connectivity index (χ1) is 8.67. The minimum absolute atomic E-state index is 0.600. The summed E-state index contributed by atoms with van der Waals surface area (Å²) in [6.45, 7) is 0. The molecule has 1 aromatic heterocycles. The molecule has 0 amide bonds. The quantitative estimate of drug-likeness (QED) is 0.799. The zero-order valence-electron chi connectivity index (χ0n) is 8.51. The molecule has 0 aromatic carbocycles. The summed E-state index contributed by atoms with van der Waals surface area (Å²) in [5, 5.41) is 3.19. The summed E-state index contributed by atoms with van der Waals surface area (Å²) in [7, 11) is -11.7. The molecule has 1 aromatic rings. The van der Waals surface area contributed by atoms with Gasteiger partial charge in [-0.25, -0.2) is 4.21 Å². The predicted molar refractivity (Wildman–Crippen MR) is 51.4 cm³/mol. The van der Waals surface area contributed by atoms with Crippen LogP contribution in [0.15, 0.2) is 8.11 Å². The Morgan fingerprint density at radius 1 is 1.05 bits per heavy atom. The molecule has 0 saturated carbocycles. The molecule has 0 spiro atoms. The minimum atomic E-state index is -6.37. The van der Waals surface area contributed by atoms with Gasteiger partial charge in [-0.15, -0.1) is 10.2 Å². The molecule has 1 heterocycles. The third-order valence-corrected chi connectivity index (χ3v) is 5.75. The monoisotopic (exact) mass is 365 g/mol. The summed E-state index contributed by atoms with van der Waals surface area (Å²) >= 11 is -0.600. The first-order valence-electron chi connectivity index (χ1n) is 3.90. The Balaban J connectivity index is 3.39. The molecule has 20 heavy (non-hydrogen) atoms. The fraction of sp³-hybridized carbons (Fsp3) is 0.500. The summed E-state index contributed by atoms with van der Waals surface area (Å²) in [4.78, 5) is 0. The zero-order valence-corrected chi connectivity index (χ0v) is 11.0. The van der Waals surface area contributed by atoms with Crippen molar-refractivity contribution in [3.63, 3.8) is 0 Å². The zero-order chi connectivity index (χ0) is 16.0. The largest absolute Gasteiger partial charge is 0.519 e. The first kappa shape index (κ1) is 17.1. The molecule has 0 bridgehead atoms. The van der Waals surface area contributed by atoms with E-state index in [1.54, 1.807) is 3.77 Å². The first-order valence-corrected chi connectivity index (χ1v) is 7.62. The van der Waals surface area contributed by atoms with Crippen molar-refractivity contribution in [3.05, 3.63) is 5.01 Å². The molecule has 0 aliphatic heterocycles. The highest BCUT2D eigenvalue weighted by molar-refractivity contribution is 8.01. The van der Waals surface area contributed by atoms with E-state index < -0.39 is 52.4 Å². The number of rotatable bonds is 2. The second-order valence-corrected chi connectivity index (χ2v) is 7.49. The maximum absolute atomic E-state index is 12.1. The van der Waals surface area contributed by atoms with Crippen molar-refractivity contribution in [2.45, 2.75) is 16.0 Å². The maximum Gasteiger partial charge on any atom is 0.519 e. The molecule has 1 unspecified atom stereocenters.